The van der Waals surface area contributed by atoms with Gasteiger partial charge in [0.1, 0.15) is 0 Å². The molecule has 0 unspecified atom stereocenters. The van der Waals surface area contributed by atoms with Gasteiger partial charge in [-0.1, -0.05) is 62.4 Å². The van der Waals surface area contributed by atoms with E-state index in [4.69, 9.17) is 4.98 Å². The van der Waals surface area contributed by atoms with Crippen LogP contribution in [0.1, 0.15) is 42.6 Å². The molecule has 0 aliphatic rings. The van der Waals surface area contributed by atoms with E-state index in [0.717, 1.165) is 22.2 Å². The number of hydrogen-bond acceptors (Lipinski definition) is 3. The van der Waals surface area contributed by atoms with Crippen molar-refractivity contribution in [3.63, 3.8) is 0 Å². The van der Waals surface area contributed by atoms with E-state index in [-0.39, 0.29) is 5.91 Å². The molecule has 0 aliphatic heterocycles. The molecule has 0 saturated carbocycles. The quantitative estimate of drug-likeness (QED) is 0.496. The Bertz CT molecular complexity index is 1000. The molecule has 0 saturated heterocycles. The average molecular weight is 357 g/mol. The summed E-state index contributed by atoms with van der Waals surface area (Å²) in [5.74, 6) is 0.217. The third kappa shape index (κ3) is 4.29. The van der Waals surface area contributed by atoms with E-state index < -0.39 is 0 Å². The number of nitrogens with zero attached hydrogens (tertiary/aromatic N) is 2. The number of rotatable bonds is 5. The first-order valence-corrected chi connectivity index (χ1v) is 9.05. The first kappa shape index (κ1) is 18.5. The normalized spacial score (nSPS) is 11.7. The van der Waals surface area contributed by atoms with Gasteiger partial charge in [0.15, 0.2) is 0 Å². The van der Waals surface area contributed by atoms with Crippen LogP contribution in [-0.4, -0.2) is 17.1 Å². The predicted octanol–water partition coefficient (Wildman–Crippen LogP) is 5.32. The van der Waals surface area contributed by atoms with Crippen molar-refractivity contribution in [2.24, 2.45) is 5.10 Å². The zero-order valence-corrected chi connectivity index (χ0v) is 15.8. The number of hydrazone groups is 1. The number of fused-ring (bicyclic) bond motifs is 1. The molecule has 0 atom stereocenters. The highest BCUT2D eigenvalue weighted by Gasteiger charge is 2.13. The van der Waals surface area contributed by atoms with Crippen LogP contribution in [0, 0.1) is 0 Å². The second kappa shape index (κ2) is 8.41. The molecular weight excluding hydrogens is 334 g/mol. The van der Waals surface area contributed by atoms with Crippen LogP contribution in [-0.2, 0) is 0 Å². The molecule has 1 N–H and O–H groups in total. The number of amides is 1. The van der Waals surface area contributed by atoms with Crippen LogP contribution in [0.25, 0.3) is 22.2 Å². The lowest BCUT2D eigenvalue weighted by molar-refractivity contribution is 0.0957. The summed E-state index contributed by atoms with van der Waals surface area (Å²) >= 11 is 0. The monoisotopic (exact) mass is 357 g/mol. The largest absolute Gasteiger partial charge is 0.272 e. The number of pyridine rings is 1. The van der Waals surface area contributed by atoms with Gasteiger partial charge in [-0.3, -0.25) is 4.79 Å². The number of allylic oxidation sites excluding steroid dienone is 2. The summed E-state index contributed by atoms with van der Waals surface area (Å²) in [5, 5.41) is 4.75. The number of benzene rings is 2. The molecule has 2 aromatic carbocycles. The molecule has 0 fully saturated rings. The fourth-order valence-electron chi connectivity index (χ4n) is 2.84. The Labute approximate surface area is 159 Å². The van der Waals surface area contributed by atoms with E-state index >= 15 is 0 Å². The van der Waals surface area contributed by atoms with Crippen LogP contribution in [0.4, 0.5) is 0 Å². The number of aromatic nitrogens is 1. The second-order valence-corrected chi connectivity index (χ2v) is 6.59. The fraction of sp³-hybridized carbons (Fsp3) is 0.174. The van der Waals surface area contributed by atoms with Crippen molar-refractivity contribution in [2.75, 3.05) is 0 Å². The van der Waals surface area contributed by atoms with Crippen molar-refractivity contribution in [1.82, 2.24) is 10.4 Å². The zero-order valence-electron chi connectivity index (χ0n) is 15.8. The summed E-state index contributed by atoms with van der Waals surface area (Å²) in [5.41, 5.74) is 6.95. The van der Waals surface area contributed by atoms with Gasteiger partial charge in [0, 0.05) is 17.2 Å². The van der Waals surface area contributed by atoms with E-state index in [9.17, 15) is 4.79 Å². The SMILES string of the molecule is C/C=C/C=N/NC(=O)c1cc(-c2ccc(C(C)C)cc2)nc2ccccc12. The molecule has 4 nitrogen and oxygen atoms in total. The first-order chi connectivity index (χ1) is 13.1. The Kier molecular flexibility index (Phi) is 5.77. The second-order valence-electron chi connectivity index (χ2n) is 6.59. The molecular formula is C23H23N3O. The third-order valence-electron chi connectivity index (χ3n) is 4.35. The van der Waals surface area contributed by atoms with Crippen molar-refractivity contribution in [3.05, 3.63) is 77.9 Å². The molecule has 0 bridgehead atoms. The molecule has 0 spiro atoms. The highest BCUT2D eigenvalue weighted by atomic mass is 16.2. The van der Waals surface area contributed by atoms with Gasteiger partial charge >= 0.3 is 0 Å². The lowest BCUT2D eigenvalue weighted by Gasteiger charge is -2.10. The maximum absolute atomic E-state index is 12.7. The number of hydrogen-bond donors (Lipinski definition) is 1. The van der Waals surface area contributed by atoms with Gasteiger partial charge in [0.05, 0.1) is 16.8 Å². The minimum Gasteiger partial charge on any atom is -0.267 e. The van der Waals surface area contributed by atoms with Crippen LogP contribution in [0.15, 0.2) is 71.9 Å². The Morgan fingerprint density at radius 2 is 1.85 bits per heavy atom. The molecule has 0 radical (unpaired) electrons. The standard InChI is InChI=1S/C23H23N3O/c1-4-5-14-24-26-23(27)20-15-22(25-21-9-7-6-8-19(20)21)18-12-10-17(11-13-18)16(2)3/h4-16H,1-3H3,(H,26,27)/b5-4+,24-14+. The van der Waals surface area contributed by atoms with Gasteiger partial charge in [0.25, 0.3) is 5.91 Å². The first-order valence-electron chi connectivity index (χ1n) is 9.05. The Balaban J connectivity index is 2.03. The van der Waals surface area contributed by atoms with Crippen molar-refractivity contribution in [3.8, 4) is 11.3 Å². The topological polar surface area (TPSA) is 54.4 Å². The summed E-state index contributed by atoms with van der Waals surface area (Å²) in [7, 11) is 0. The molecule has 27 heavy (non-hydrogen) atoms. The van der Waals surface area contributed by atoms with Crippen LogP contribution < -0.4 is 5.43 Å². The Hall–Kier alpha value is -3.27. The highest BCUT2D eigenvalue weighted by molar-refractivity contribution is 6.07. The molecule has 4 heteroatoms. The molecule has 3 aromatic rings. The van der Waals surface area contributed by atoms with Crippen LogP contribution in [0.5, 0.6) is 0 Å². The number of nitrogens with one attached hydrogen (secondary N) is 1. The van der Waals surface area contributed by atoms with Crippen molar-refractivity contribution in [2.45, 2.75) is 26.7 Å². The van der Waals surface area contributed by atoms with Gasteiger partial charge in [-0.25, -0.2) is 10.4 Å². The van der Waals surface area contributed by atoms with E-state index in [0.29, 0.717) is 11.5 Å². The van der Waals surface area contributed by atoms with E-state index in [1.54, 1.807) is 12.3 Å². The Morgan fingerprint density at radius 1 is 1.11 bits per heavy atom. The highest BCUT2D eigenvalue weighted by Crippen LogP contribution is 2.26. The number of carbonyl (C=O) groups is 1. The fourth-order valence-corrected chi connectivity index (χ4v) is 2.84. The van der Waals surface area contributed by atoms with Crippen molar-refractivity contribution < 1.29 is 4.79 Å². The van der Waals surface area contributed by atoms with E-state index in [2.05, 4.69) is 48.6 Å². The number of para-hydroxylation sites is 1. The van der Waals surface area contributed by atoms with E-state index in [1.807, 2.05) is 43.3 Å². The minimum absolute atomic E-state index is 0.255. The zero-order chi connectivity index (χ0) is 19.2. The van der Waals surface area contributed by atoms with Gasteiger partial charge in [-0.05, 0) is 36.6 Å². The van der Waals surface area contributed by atoms with Gasteiger partial charge in [-0.15, -0.1) is 0 Å². The Morgan fingerprint density at radius 3 is 2.56 bits per heavy atom. The molecule has 136 valence electrons. The van der Waals surface area contributed by atoms with E-state index in [1.165, 1.54) is 5.56 Å². The van der Waals surface area contributed by atoms with Gasteiger partial charge < -0.3 is 0 Å². The summed E-state index contributed by atoms with van der Waals surface area (Å²) in [6, 6.07) is 17.8. The molecule has 1 aromatic heterocycles. The molecule has 1 heterocycles. The van der Waals surface area contributed by atoms with Crippen molar-refractivity contribution >= 4 is 23.0 Å². The van der Waals surface area contributed by atoms with Crippen molar-refractivity contribution in [1.29, 1.82) is 0 Å². The van der Waals surface area contributed by atoms with Gasteiger partial charge in [0.2, 0.25) is 0 Å². The summed E-state index contributed by atoms with van der Waals surface area (Å²) in [4.78, 5) is 17.4. The lowest BCUT2D eigenvalue weighted by atomic mass is 9.99. The summed E-state index contributed by atoms with van der Waals surface area (Å²) < 4.78 is 0. The van der Waals surface area contributed by atoms with Crippen LogP contribution in [0.3, 0.4) is 0 Å². The summed E-state index contributed by atoms with van der Waals surface area (Å²) in [6.07, 6.45) is 5.15. The third-order valence-corrected chi connectivity index (χ3v) is 4.35. The minimum atomic E-state index is -0.255. The summed E-state index contributed by atoms with van der Waals surface area (Å²) in [6.45, 7) is 6.22. The smallest absolute Gasteiger partial charge is 0.267 e. The van der Waals surface area contributed by atoms with Gasteiger partial charge in [-0.2, -0.15) is 5.10 Å². The molecule has 1 amide bonds. The maximum Gasteiger partial charge on any atom is 0.272 e. The van der Waals surface area contributed by atoms with Crippen LogP contribution in [0.2, 0.25) is 0 Å². The lowest BCUT2D eigenvalue weighted by Crippen LogP contribution is -2.18. The molecule has 0 aliphatic carbocycles. The predicted molar refractivity (Wildman–Crippen MR) is 112 cm³/mol. The number of carbonyl (C=O) groups excluding carboxylic acids is 1. The average Bonchev–Trinajstić information content (AvgIpc) is 2.70. The van der Waals surface area contributed by atoms with Crippen LogP contribution >= 0.6 is 0 Å². The molecule has 3 rings (SSSR count). The maximum atomic E-state index is 12.7.